The van der Waals surface area contributed by atoms with Gasteiger partial charge in [-0.1, -0.05) is 53.5 Å². The van der Waals surface area contributed by atoms with Crippen molar-refractivity contribution in [3.05, 3.63) is 88.4 Å². The number of urea groups is 1. The fourth-order valence-corrected chi connectivity index (χ4v) is 3.60. The van der Waals surface area contributed by atoms with Crippen LogP contribution in [0.3, 0.4) is 0 Å². The van der Waals surface area contributed by atoms with E-state index in [0.717, 1.165) is 5.56 Å². The highest BCUT2D eigenvalue weighted by Gasteiger charge is 2.15. The maximum Gasteiger partial charge on any atom is 0.342 e. The smallest absolute Gasteiger partial charge is 0.342 e. The summed E-state index contributed by atoms with van der Waals surface area (Å²) < 4.78 is 10.8. The van der Waals surface area contributed by atoms with Crippen LogP contribution in [-0.4, -0.2) is 36.4 Å². The van der Waals surface area contributed by atoms with Crippen molar-refractivity contribution in [2.24, 2.45) is 5.10 Å². The number of nitrogens with one attached hydrogen (secondary N) is 2. The van der Waals surface area contributed by atoms with E-state index in [4.69, 9.17) is 32.7 Å². The monoisotopic (exact) mass is 521 g/mol. The van der Waals surface area contributed by atoms with Crippen molar-refractivity contribution in [1.29, 1.82) is 0 Å². The Morgan fingerprint density at radius 1 is 0.917 bits per heavy atom. The Bertz CT molecular complexity index is 1410. The minimum Gasteiger partial charge on any atom is -0.497 e. The SMILES string of the molecule is COc1ccc(-c2cc(-c3ccc(Cl)cc3)nc(NC(=O)N/N=C\c3ccccc3Cl)n2)c(OC)c1. The highest BCUT2D eigenvalue weighted by molar-refractivity contribution is 6.33. The van der Waals surface area contributed by atoms with E-state index in [1.807, 2.05) is 24.3 Å². The van der Waals surface area contributed by atoms with Crippen molar-refractivity contribution in [2.75, 3.05) is 19.5 Å². The molecule has 10 heteroatoms. The molecule has 0 fully saturated rings. The third-order valence-electron chi connectivity index (χ3n) is 5.05. The lowest BCUT2D eigenvalue weighted by molar-refractivity contribution is 0.252. The molecule has 8 nitrogen and oxygen atoms in total. The molecule has 0 spiro atoms. The summed E-state index contributed by atoms with van der Waals surface area (Å²) >= 11 is 12.2. The average Bonchev–Trinajstić information content (AvgIpc) is 2.89. The van der Waals surface area contributed by atoms with Gasteiger partial charge in [-0.05, 0) is 36.4 Å². The fourth-order valence-electron chi connectivity index (χ4n) is 3.29. The number of anilines is 1. The molecule has 1 aromatic heterocycles. The molecule has 0 atom stereocenters. The summed E-state index contributed by atoms with van der Waals surface area (Å²) in [6.45, 7) is 0. The van der Waals surface area contributed by atoms with Crippen molar-refractivity contribution < 1.29 is 14.3 Å². The van der Waals surface area contributed by atoms with Gasteiger partial charge in [0.15, 0.2) is 0 Å². The number of carbonyl (C=O) groups excluding carboxylic acids is 1. The average molecular weight is 522 g/mol. The fraction of sp³-hybridized carbons (Fsp3) is 0.0769. The first-order valence-corrected chi connectivity index (χ1v) is 11.4. The predicted octanol–water partition coefficient (Wildman–Crippen LogP) is 6.29. The molecule has 182 valence electrons. The Morgan fingerprint density at radius 3 is 2.39 bits per heavy atom. The van der Waals surface area contributed by atoms with E-state index in [-0.39, 0.29) is 5.95 Å². The first-order chi connectivity index (χ1) is 17.5. The van der Waals surface area contributed by atoms with Gasteiger partial charge < -0.3 is 9.47 Å². The van der Waals surface area contributed by atoms with E-state index in [9.17, 15) is 4.79 Å². The number of aromatic nitrogens is 2. The molecule has 3 aromatic carbocycles. The maximum atomic E-state index is 12.5. The van der Waals surface area contributed by atoms with Gasteiger partial charge in [0, 0.05) is 32.8 Å². The van der Waals surface area contributed by atoms with E-state index in [0.29, 0.717) is 44.1 Å². The number of ether oxygens (including phenoxy) is 2. The molecule has 0 aliphatic heterocycles. The molecule has 4 rings (SSSR count). The van der Waals surface area contributed by atoms with Crippen LogP contribution in [-0.2, 0) is 0 Å². The number of halogens is 2. The number of carbonyl (C=O) groups is 1. The van der Waals surface area contributed by atoms with Crippen molar-refractivity contribution >= 4 is 41.4 Å². The Labute approximate surface area is 217 Å². The minimum atomic E-state index is -0.626. The van der Waals surface area contributed by atoms with Crippen LogP contribution in [0.1, 0.15) is 5.56 Å². The molecule has 36 heavy (non-hydrogen) atoms. The Balaban J connectivity index is 1.65. The molecule has 4 aromatic rings. The molecular formula is C26H21Cl2N5O3. The third kappa shape index (κ3) is 6.10. The lowest BCUT2D eigenvalue weighted by atomic mass is 10.1. The van der Waals surface area contributed by atoms with Crippen LogP contribution < -0.4 is 20.2 Å². The molecule has 0 unspecified atom stereocenters. The minimum absolute atomic E-state index is 0.0702. The summed E-state index contributed by atoms with van der Waals surface area (Å²) in [5.74, 6) is 1.26. The zero-order valence-electron chi connectivity index (χ0n) is 19.3. The van der Waals surface area contributed by atoms with E-state index >= 15 is 0 Å². The number of hydrogen-bond donors (Lipinski definition) is 2. The number of benzene rings is 3. The van der Waals surface area contributed by atoms with Crippen LogP contribution in [0.2, 0.25) is 10.0 Å². The Kier molecular flexibility index (Phi) is 7.99. The topological polar surface area (TPSA) is 97.7 Å². The van der Waals surface area contributed by atoms with Gasteiger partial charge in [0.1, 0.15) is 11.5 Å². The second kappa shape index (κ2) is 11.5. The van der Waals surface area contributed by atoms with E-state index in [1.54, 1.807) is 62.8 Å². The number of amides is 2. The van der Waals surface area contributed by atoms with Gasteiger partial charge in [-0.2, -0.15) is 5.10 Å². The van der Waals surface area contributed by atoms with Crippen LogP contribution in [0, 0.1) is 0 Å². The molecule has 0 aliphatic carbocycles. The Hall–Kier alpha value is -4.14. The maximum absolute atomic E-state index is 12.5. The van der Waals surface area contributed by atoms with Crippen molar-refractivity contribution in [3.63, 3.8) is 0 Å². The summed E-state index contributed by atoms with van der Waals surface area (Å²) in [4.78, 5) is 21.6. The van der Waals surface area contributed by atoms with Gasteiger partial charge in [-0.15, -0.1) is 0 Å². The van der Waals surface area contributed by atoms with Gasteiger partial charge in [0.05, 0.1) is 31.8 Å². The summed E-state index contributed by atoms with van der Waals surface area (Å²) in [6.07, 6.45) is 1.44. The van der Waals surface area contributed by atoms with Crippen LogP contribution in [0.5, 0.6) is 11.5 Å². The molecule has 2 N–H and O–H groups in total. The second-order valence-corrected chi connectivity index (χ2v) is 8.22. The quantitative estimate of drug-likeness (QED) is 0.220. The third-order valence-corrected chi connectivity index (χ3v) is 5.65. The standard InChI is InChI=1S/C26H21Cl2N5O3/c1-35-19-11-12-20(24(13-19)36-2)23-14-22(16-7-9-18(27)10-8-16)30-25(31-23)32-26(34)33-29-15-17-5-3-4-6-21(17)28/h3-15H,1-2H3,(H2,30,31,32,33,34)/b29-15-. The highest BCUT2D eigenvalue weighted by atomic mass is 35.5. The lowest BCUT2D eigenvalue weighted by Gasteiger charge is -2.13. The number of rotatable bonds is 7. The molecule has 2 amide bonds. The van der Waals surface area contributed by atoms with Gasteiger partial charge in [0.2, 0.25) is 5.95 Å². The number of methoxy groups -OCH3 is 2. The number of nitrogens with zero attached hydrogens (tertiary/aromatic N) is 3. The van der Waals surface area contributed by atoms with Crippen LogP contribution in [0.15, 0.2) is 77.9 Å². The van der Waals surface area contributed by atoms with Gasteiger partial charge in [-0.3, -0.25) is 5.32 Å². The Morgan fingerprint density at radius 2 is 1.67 bits per heavy atom. The van der Waals surface area contributed by atoms with Crippen molar-refractivity contribution in [1.82, 2.24) is 15.4 Å². The lowest BCUT2D eigenvalue weighted by Crippen LogP contribution is -2.25. The summed E-state index contributed by atoms with van der Waals surface area (Å²) in [7, 11) is 3.13. The van der Waals surface area contributed by atoms with Gasteiger partial charge >= 0.3 is 6.03 Å². The number of hydrogen-bond acceptors (Lipinski definition) is 6. The molecule has 0 bridgehead atoms. The summed E-state index contributed by atoms with van der Waals surface area (Å²) in [5.41, 5.74) is 5.64. The van der Waals surface area contributed by atoms with Crippen molar-refractivity contribution in [3.8, 4) is 34.0 Å². The summed E-state index contributed by atoms with van der Waals surface area (Å²) in [6, 6.07) is 20.9. The van der Waals surface area contributed by atoms with E-state index < -0.39 is 6.03 Å². The van der Waals surface area contributed by atoms with E-state index in [1.165, 1.54) is 6.21 Å². The van der Waals surface area contributed by atoms with Crippen LogP contribution >= 0.6 is 23.2 Å². The number of hydrazone groups is 1. The van der Waals surface area contributed by atoms with Crippen LogP contribution in [0.25, 0.3) is 22.5 Å². The zero-order chi connectivity index (χ0) is 25.5. The molecule has 0 aliphatic rings. The second-order valence-electron chi connectivity index (χ2n) is 7.38. The first kappa shape index (κ1) is 25.0. The van der Waals surface area contributed by atoms with Crippen LogP contribution in [0.4, 0.5) is 10.7 Å². The van der Waals surface area contributed by atoms with Gasteiger partial charge in [-0.25, -0.2) is 20.2 Å². The largest absolute Gasteiger partial charge is 0.497 e. The molecular weight excluding hydrogens is 501 g/mol. The van der Waals surface area contributed by atoms with Crippen molar-refractivity contribution in [2.45, 2.75) is 0 Å². The normalized spacial score (nSPS) is 10.8. The van der Waals surface area contributed by atoms with E-state index in [2.05, 4.69) is 25.8 Å². The van der Waals surface area contributed by atoms with Gasteiger partial charge in [0.25, 0.3) is 0 Å². The molecule has 0 saturated heterocycles. The molecule has 0 radical (unpaired) electrons. The zero-order valence-corrected chi connectivity index (χ0v) is 20.8. The highest BCUT2D eigenvalue weighted by Crippen LogP contribution is 2.34. The predicted molar refractivity (Wildman–Crippen MR) is 142 cm³/mol. The summed E-state index contributed by atoms with van der Waals surface area (Å²) in [5, 5.41) is 7.67. The first-order valence-electron chi connectivity index (χ1n) is 10.7. The molecule has 1 heterocycles. The molecule has 0 saturated carbocycles.